The minimum atomic E-state index is -0.378. The van der Waals surface area contributed by atoms with E-state index in [1.807, 2.05) is 0 Å². The molecule has 1 saturated heterocycles. The number of rotatable bonds is 1. The maximum absolute atomic E-state index is 11.6. The quantitative estimate of drug-likeness (QED) is 0.791. The van der Waals surface area contributed by atoms with Crippen LogP contribution in [0.4, 0.5) is 10.5 Å². The highest BCUT2D eigenvalue weighted by molar-refractivity contribution is 14.1. The molecule has 0 radical (unpaired) electrons. The number of benzene rings is 1. The number of hydrogen-bond donors (Lipinski definition) is 1. The molecule has 0 unspecified atom stereocenters. The highest BCUT2D eigenvalue weighted by atomic mass is 127. The lowest BCUT2D eigenvalue weighted by molar-refractivity contribution is -0.120. The van der Waals surface area contributed by atoms with Crippen LogP contribution in [0.2, 0.25) is 5.02 Å². The molecule has 1 aliphatic heterocycles. The first-order valence-electron chi connectivity index (χ1n) is 4.64. The molecule has 4 nitrogen and oxygen atoms in total. The number of nitrogens with one attached hydrogen (secondary N) is 1. The monoisotopic (exact) mass is 350 g/mol. The Morgan fingerprint density at radius 1 is 1.38 bits per heavy atom. The second kappa shape index (κ2) is 4.58. The number of amides is 3. The van der Waals surface area contributed by atoms with Gasteiger partial charge < -0.3 is 0 Å². The fraction of sp³-hybridized carbons (Fsp3) is 0.200. The summed E-state index contributed by atoms with van der Waals surface area (Å²) in [6.07, 6.45) is 0.324. The highest BCUT2D eigenvalue weighted by Crippen LogP contribution is 2.26. The Kier molecular flexibility index (Phi) is 3.34. The molecule has 1 heterocycles. The van der Waals surface area contributed by atoms with Crippen molar-refractivity contribution in [3.05, 3.63) is 26.8 Å². The fourth-order valence-corrected chi connectivity index (χ4v) is 2.66. The minimum Gasteiger partial charge on any atom is -0.293 e. The molecule has 2 rings (SSSR count). The Morgan fingerprint density at radius 2 is 2.12 bits per heavy atom. The van der Waals surface area contributed by atoms with Crippen LogP contribution in [0.3, 0.4) is 0 Å². The summed E-state index contributed by atoms with van der Waals surface area (Å²) in [5, 5.41) is 2.91. The van der Waals surface area contributed by atoms with E-state index in [0.717, 1.165) is 9.26 Å². The van der Waals surface area contributed by atoms with Crippen molar-refractivity contribution in [1.82, 2.24) is 5.32 Å². The Hall–Kier alpha value is -0.820. The van der Waals surface area contributed by atoms with Crippen molar-refractivity contribution in [3.63, 3.8) is 0 Å². The summed E-state index contributed by atoms with van der Waals surface area (Å²) in [4.78, 5) is 24.1. The summed E-state index contributed by atoms with van der Waals surface area (Å²) >= 11 is 7.95. The van der Waals surface area contributed by atoms with Crippen LogP contribution in [0, 0.1) is 3.57 Å². The normalized spacial score (nSPS) is 16.2. The van der Waals surface area contributed by atoms with Gasteiger partial charge in [0.1, 0.15) is 0 Å². The lowest BCUT2D eigenvalue weighted by Gasteiger charge is -2.27. The van der Waals surface area contributed by atoms with Gasteiger partial charge in [-0.3, -0.25) is 15.0 Å². The molecule has 1 N–H and O–H groups in total. The molecule has 16 heavy (non-hydrogen) atoms. The summed E-state index contributed by atoms with van der Waals surface area (Å²) in [7, 11) is 0. The molecule has 0 aliphatic carbocycles. The third kappa shape index (κ3) is 2.30. The number of imide groups is 1. The molecule has 1 fully saturated rings. The largest absolute Gasteiger partial charge is 0.328 e. The molecule has 0 spiro atoms. The number of carbonyl (C=O) groups is 2. The van der Waals surface area contributed by atoms with Crippen molar-refractivity contribution < 1.29 is 9.59 Å². The maximum atomic E-state index is 11.6. The van der Waals surface area contributed by atoms with E-state index >= 15 is 0 Å². The van der Waals surface area contributed by atoms with E-state index in [1.54, 1.807) is 23.1 Å². The molecule has 1 aromatic carbocycles. The number of carbonyl (C=O) groups excluding carboxylic acids is 2. The third-order valence-electron chi connectivity index (χ3n) is 2.25. The van der Waals surface area contributed by atoms with E-state index in [4.69, 9.17) is 11.6 Å². The van der Waals surface area contributed by atoms with E-state index in [9.17, 15) is 9.59 Å². The molecule has 3 amide bonds. The molecule has 0 atom stereocenters. The SMILES string of the molecule is O=C1CCN(c2ccc(Cl)cc2I)C(=O)N1. The van der Waals surface area contributed by atoms with Crippen molar-refractivity contribution in [2.75, 3.05) is 11.4 Å². The van der Waals surface area contributed by atoms with Crippen molar-refractivity contribution in [2.45, 2.75) is 6.42 Å². The van der Waals surface area contributed by atoms with E-state index in [2.05, 4.69) is 27.9 Å². The summed E-state index contributed by atoms with van der Waals surface area (Å²) in [6, 6.07) is 4.90. The van der Waals surface area contributed by atoms with Gasteiger partial charge in [-0.25, -0.2) is 4.79 Å². The number of urea groups is 1. The second-order valence-electron chi connectivity index (χ2n) is 3.35. The highest BCUT2D eigenvalue weighted by Gasteiger charge is 2.25. The summed E-state index contributed by atoms with van der Waals surface area (Å²) in [5.74, 6) is -0.231. The number of halogens is 2. The van der Waals surface area contributed by atoms with E-state index in [1.165, 1.54) is 0 Å². The van der Waals surface area contributed by atoms with Crippen LogP contribution in [0.15, 0.2) is 18.2 Å². The molecule has 0 aromatic heterocycles. The van der Waals surface area contributed by atoms with Crippen molar-refractivity contribution in [1.29, 1.82) is 0 Å². The van der Waals surface area contributed by atoms with Crippen LogP contribution in [0.5, 0.6) is 0 Å². The third-order valence-corrected chi connectivity index (χ3v) is 3.35. The van der Waals surface area contributed by atoms with Gasteiger partial charge in [0.25, 0.3) is 0 Å². The molecular formula is C10H8ClIN2O2. The first-order chi connectivity index (χ1) is 7.58. The number of anilines is 1. The number of nitrogens with zero attached hydrogens (tertiary/aromatic N) is 1. The van der Waals surface area contributed by atoms with Crippen LogP contribution in [0.1, 0.15) is 6.42 Å². The standard InChI is InChI=1S/C10H8ClIN2O2/c11-6-1-2-8(7(12)5-6)14-4-3-9(15)13-10(14)16/h1-2,5H,3-4H2,(H,13,15,16). The predicted molar refractivity (Wildman–Crippen MR) is 69.7 cm³/mol. The van der Waals surface area contributed by atoms with Gasteiger partial charge in [-0.15, -0.1) is 0 Å². The van der Waals surface area contributed by atoms with E-state index in [0.29, 0.717) is 18.0 Å². The van der Waals surface area contributed by atoms with Gasteiger partial charge >= 0.3 is 6.03 Å². The minimum absolute atomic E-state index is 0.231. The Labute approximate surface area is 111 Å². The summed E-state index contributed by atoms with van der Waals surface area (Å²) < 4.78 is 0.884. The van der Waals surface area contributed by atoms with Gasteiger partial charge in [-0.1, -0.05) is 11.6 Å². The lowest BCUT2D eigenvalue weighted by Crippen LogP contribution is -2.49. The molecule has 0 bridgehead atoms. The van der Waals surface area contributed by atoms with Crippen molar-refractivity contribution in [2.24, 2.45) is 0 Å². The molecule has 1 aliphatic rings. The van der Waals surface area contributed by atoms with Crippen LogP contribution in [-0.4, -0.2) is 18.5 Å². The molecule has 0 saturated carbocycles. The van der Waals surface area contributed by atoms with E-state index in [-0.39, 0.29) is 11.9 Å². The topological polar surface area (TPSA) is 49.4 Å². The average Bonchev–Trinajstić information content (AvgIpc) is 2.19. The average molecular weight is 351 g/mol. The van der Waals surface area contributed by atoms with Gasteiger partial charge in [-0.05, 0) is 40.8 Å². The molecular weight excluding hydrogens is 342 g/mol. The zero-order valence-corrected chi connectivity index (χ0v) is 11.1. The molecule has 1 aromatic rings. The lowest BCUT2D eigenvalue weighted by atomic mass is 10.2. The van der Waals surface area contributed by atoms with Crippen molar-refractivity contribution in [3.8, 4) is 0 Å². The zero-order chi connectivity index (χ0) is 11.7. The van der Waals surface area contributed by atoms with Crippen LogP contribution < -0.4 is 10.2 Å². The first-order valence-corrected chi connectivity index (χ1v) is 6.10. The Morgan fingerprint density at radius 3 is 2.75 bits per heavy atom. The Balaban J connectivity index is 2.30. The van der Waals surface area contributed by atoms with Crippen molar-refractivity contribution >= 4 is 51.8 Å². The second-order valence-corrected chi connectivity index (χ2v) is 4.95. The molecule has 6 heteroatoms. The Bertz CT molecular complexity index is 464. The zero-order valence-electron chi connectivity index (χ0n) is 8.17. The summed E-state index contributed by atoms with van der Waals surface area (Å²) in [6.45, 7) is 0.405. The van der Waals surface area contributed by atoms with Gasteiger partial charge in [0.2, 0.25) is 5.91 Å². The van der Waals surface area contributed by atoms with E-state index < -0.39 is 0 Å². The van der Waals surface area contributed by atoms with Gasteiger partial charge in [-0.2, -0.15) is 0 Å². The van der Waals surface area contributed by atoms with Gasteiger partial charge in [0, 0.05) is 21.6 Å². The molecule has 84 valence electrons. The fourth-order valence-electron chi connectivity index (χ4n) is 1.49. The van der Waals surface area contributed by atoms with Gasteiger partial charge in [0.15, 0.2) is 0 Å². The maximum Gasteiger partial charge on any atom is 0.328 e. The van der Waals surface area contributed by atoms with Crippen LogP contribution in [-0.2, 0) is 4.79 Å². The predicted octanol–water partition coefficient (Wildman–Crippen LogP) is 2.39. The van der Waals surface area contributed by atoms with Crippen LogP contribution >= 0.6 is 34.2 Å². The first kappa shape index (κ1) is 11.7. The smallest absolute Gasteiger partial charge is 0.293 e. The van der Waals surface area contributed by atoms with Crippen LogP contribution in [0.25, 0.3) is 0 Å². The van der Waals surface area contributed by atoms with Gasteiger partial charge in [0.05, 0.1) is 5.69 Å². The summed E-state index contributed by atoms with van der Waals surface area (Å²) in [5.41, 5.74) is 0.773. The number of hydrogen-bond acceptors (Lipinski definition) is 2.